The van der Waals surface area contributed by atoms with Crippen LogP contribution in [0.1, 0.15) is 0 Å². The molecule has 0 amide bonds. The smallest absolute Gasteiger partial charge is 0.168 e. The van der Waals surface area contributed by atoms with Gasteiger partial charge >= 0.3 is 0 Å². The first-order valence-electron chi connectivity index (χ1n) is 7.72. The Kier molecular flexibility index (Phi) is 7.43. The molecule has 4 N–H and O–H groups in total. The van der Waals surface area contributed by atoms with Crippen LogP contribution in [0.25, 0.3) is 0 Å². The van der Waals surface area contributed by atoms with Gasteiger partial charge in [0.15, 0.2) is 5.75 Å². The van der Waals surface area contributed by atoms with Crippen molar-refractivity contribution in [2.45, 2.75) is 0 Å². The van der Waals surface area contributed by atoms with Crippen LogP contribution in [-0.4, -0.2) is 0 Å². The van der Waals surface area contributed by atoms with Gasteiger partial charge in [0.25, 0.3) is 0 Å². The van der Waals surface area contributed by atoms with Gasteiger partial charge in [0.2, 0.25) is 0 Å². The molecule has 0 fully saturated rings. The predicted octanol–water partition coefficient (Wildman–Crippen LogP) is 9.66. The average molecular weight is 568 g/mol. The van der Waals surface area contributed by atoms with Gasteiger partial charge in [-0.3, -0.25) is 0 Å². The maximum Gasteiger partial charge on any atom is 0.168 e. The highest BCUT2D eigenvalue weighted by Gasteiger charge is 2.21. The van der Waals surface area contributed by atoms with E-state index in [4.69, 9.17) is 114 Å². The molecule has 0 aromatic heterocycles. The molecule has 0 saturated carbocycles. The van der Waals surface area contributed by atoms with E-state index >= 15 is 0 Å². The number of nitrogen functional groups attached to an aromatic ring is 2. The van der Waals surface area contributed by atoms with E-state index in [0.29, 0.717) is 0 Å². The lowest BCUT2D eigenvalue weighted by molar-refractivity contribution is 0.461. The Morgan fingerprint density at radius 1 is 0.500 bits per heavy atom. The minimum atomic E-state index is 0.00363. The highest BCUT2D eigenvalue weighted by molar-refractivity contribution is 6.50. The summed E-state index contributed by atoms with van der Waals surface area (Å²) in [7, 11) is 0. The molecule has 0 radical (unpaired) electrons. The van der Waals surface area contributed by atoms with E-state index in [2.05, 4.69) is 0 Å². The SMILES string of the molecule is Nc1cc(Oc2ccc(Cl)c(Oc3cc(N)c(Cl)c(Cl)c3Cl)c2Cl)c(Cl)c(Cl)c1Cl. The maximum absolute atomic E-state index is 6.44. The lowest BCUT2D eigenvalue weighted by atomic mass is 10.2. The highest BCUT2D eigenvalue weighted by Crippen LogP contribution is 2.49. The summed E-state index contributed by atoms with van der Waals surface area (Å²) in [6.45, 7) is 0. The molecule has 0 heterocycles. The van der Waals surface area contributed by atoms with Crippen molar-refractivity contribution in [1.29, 1.82) is 0 Å². The zero-order chi connectivity index (χ0) is 22.3. The van der Waals surface area contributed by atoms with Gasteiger partial charge in [0.05, 0.1) is 36.5 Å². The van der Waals surface area contributed by atoms with Gasteiger partial charge in [-0.2, -0.15) is 0 Å². The second kappa shape index (κ2) is 9.35. The lowest BCUT2D eigenvalue weighted by Crippen LogP contribution is -1.95. The zero-order valence-corrected chi connectivity index (χ0v) is 20.4. The van der Waals surface area contributed by atoms with Gasteiger partial charge in [0.1, 0.15) is 32.3 Å². The third-order valence-electron chi connectivity index (χ3n) is 3.73. The molecule has 0 aliphatic carbocycles. The maximum atomic E-state index is 6.44. The van der Waals surface area contributed by atoms with Crippen LogP contribution in [0.2, 0.25) is 40.2 Å². The molecule has 0 spiro atoms. The fraction of sp³-hybridized carbons (Fsp3) is 0. The number of anilines is 2. The first kappa shape index (κ1) is 23.8. The van der Waals surface area contributed by atoms with Gasteiger partial charge in [-0.25, -0.2) is 0 Å². The highest BCUT2D eigenvalue weighted by atomic mass is 35.5. The van der Waals surface area contributed by atoms with E-state index < -0.39 is 0 Å². The third kappa shape index (κ3) is 4.52. The molecule has 3 rings (SSSR count). The van der Waals surface area contributed by atoms with Crippen molar-refractivity contribution in [3.8, 4) is 23.0 Å². The molecule has 0 bridgehead atoms. The number of ether oxygens (including phenoxy) is 2. The third-order valence-corrected chi connectivity index (χ3v) is 7.09. The Bertz CT molecular complexity index is 1170. The Morgan fingerprint density at radius 3 is 1.47 bits per heavy atom. The van der Waals surface area contributed by atoms with E-state index in [0.717, 1.165) is 0 Å². The van der Waals surface area contributed by atoms with Crippen LogP contribution in [0.5, 0.6) is 23.0 Å². The van der Waals surface area contributed by atoms with Crippen LogP contribution < -0.4 is 20.9 Å². The Morgan fingerprint density at radius 2 is 0.967 bits per heavy atom. The van der Waals surface area contributed by atoms with E-state index in [1.54, 1.807) is 0 Å². The summed E-state index contributed by atoms with van der Waals surface area (Å²) < 4.78 is 11.5. The summed E-state index contributed by atoms with van der Waals surface area (Å²) in [5, 5.41) is 0.484. The normalized spacial score (nSPS) is 10.9. The molecule has 12 heteroatoms. The van der Waals surface area contributed by atoms with E-state index in [1.165, 1.54) is 24.3 Å². The van der Waals surface area contributed by atoms with Gasteiger partial charge in [0, 0.05) is 12.1 Å². The van der Waals surface area contributed by atoms with Crippen molar-refractivity contribution in [2.24, 2.45) is 0 Å². The summed E-state index contributed by atoms with van der Waals surface area (Å²) in [5.41, 5.74) is 11.9. The molecule has 158 valence electrons. The van der Waals surface area contributed by atoms with Gasteiger partial charge in [-0.15, -0.1) is 0 Å². The topological polar surface area (TPSA) is 70.5 Å². The molecule has 0 aliphatic heterocycles. The fourth-order valence-electron chi connectivity index (χ4n) is 2.26. The first-order valence-corrected chi connectivity index (χ1v) is 10.7. The number of nitrogens with two attached hydrogens (primary N) is 2. The van der Waals surface area contributed by atoms with E-state index in [1.807, 2.05) is 0 Å². The summed E-state index contributed by atoms with van der Waals surface area (Å²) in [6, 6.07) is 5.77. The molecule has 0 atom stereocenters. The molecular weight excluding hydrogens is 560 g/mol. The van der Waals surface area contributed by atoms with Crippen molar-refractivity contribution in [3.63, 3.8) is 0 Å². The second-order valence-corrected chi connectivity index (χ2v) is 8.76. The average Bonchev–Trinajstić information content (AvgIpc) is 2.71. The predicted molar refractivity (Wildman–Crippen MR) is 128 cm³/mol. The van der Waals surface area contributed by atoms with Crippen molar-refractivity contribution in [2.75, 3.05) is 11.5 Å². The first-order chi connectivity index (χ1) is 14.0. The minimum Gasteiger partial charge on any atom is -0.454 e. The molecule has 3 aromatic carbocycles. The second-order valence-electron chi connectivity index (χ2n) is 5.70. The molecular formula is C18H8Cl8N2O2. The lowest BCUT2D eigenvalue weighted by Gasteiger charge is -2.17. The van der Waals surface area contributed by atoms with Gasteiger partial charge < -0.3 is 20.9 Å². The van der Waals surface area contributed by atoms with Crippen molar-refractivity contribution >= 4 is 104 Å². The molecule has 0 saturated heterocycles. The molecule has 0 unspecified atom stereocenters. The monoisotopic (exact) mass is 564 g/mol. The molecule has 30 heavy (non-hydrogen) atoms. The summed E-state index contributed by atoms with van der Waals surface area (Å²) in [5.74, 6) is 0.372. The van der Waals surface area contributed by atoms with E-state index in [-0.39, 0.29) is 74.6 Å². The minimum absolute atomic E-state index is 0.00363. The van der Waals surface area contributed by atoms with Crippen molar-refractivity contribution in [3.05, 3.63) is 64.4 Å². The Balaban J connectivity index is 2.04. The quantitative estimate of drug-likeness (QED) is 0.243. The standard InChI is InChI=1S/C18H8Cl8N2O2/c19-5-1-2-8(29-9-3-6(27)11(20)16(25)13(9)22)15(24)18(5)30-10-4-7(28)12(21)17(26)14(10)23/h1-4H,27-28H2. The number of hydrogen-bond acceptors (Lipinski definition) is 4. The van der Waals surface area contributed by atoms with Gasteiger partial charge in [-0.1, -0.05) is 92.8 Å². The van der Waals surface area contributed by atoms with E-state index in [9.17, 15) is 0 Å². The number of rotatable bonds is 4. The van der Waals surface area contributed by atoms with Crippen molar-refractivity contribution < 1.29 is 9.47 Å². The zero-order valence-electron chi connectivity index (χ0n) is 14.3. The fourth-order valence-corrected chi connectivity index (χ4v) is 3.92. The van der Waals surface area contributed by atoms with Crippen LogP contribution in [0.4, 0.5) is 11.4 Å². The Hall–Kier alpha value is -0.820. The van der Waals surface area contributed by atoms with Crippen molar-refractivity contribution in [1.82, 2.24) is 0 Å². The molecule has 0 aliphatic rings. The van der Waals surface area contributed by atoms with Crippen LogP contribution >= 0.6 is 92.8 Å². The van der Waals surface area contributed by atoms with Crippen LogP contribution in [-0.2, 0) is 0 Å². The molecule has 4 nitrogen and oxygen atoms in total. The molecule has 3 aromatic rings. The van der Waals surface area contributed by atoms with Gasteiger partial charge in [-0.05, 0) is 12.1 Å². The largest absolute Gasteiger partial charge is 0.454 e. The van der Waals surface area contributed by atoms with Crippen LogP contribution in [0.15, 0.2) is 24.3 Å². The number of benzene rings is 3. The van der Waals surface area contributed by atoms with Crippen LogP contribution in [0, 0.1) is 0 Å². The van der Waals surface area contributed by atoms with Crippen LogP contribution in [0.3, 0.4) is 0 Å². The summed E-state index contributed by atoms with van der Waals surface area (Å²) >= 11 is 49.1. The number of hydrogen-bond donors (Lipinski definition) is 2. The Labute approximate surface area is 211 Å². The number of halogens is 8. The summed E-state index contributed by atoms with van der Waals surface area (Å²) in [6.07, 6.45) is 0. The summed E-state index contributed by atoms with van der Waals surface area (Å²) in [4.78, 5) is 0.